The Morgan fingerprint density at radius 1 is 1.19 bits per heavy atom. The summed E-state index contributed by atoms with van der Waals surface area (Å²) in [4.78, 5) is 0. The Balaban J connectivity index is 4.79. The monoisotopic (exact) mass is 247 g/mol. The first-order valence-electron chi connectivity index (χ1n) is 5.49. The van der Waals surface area contributed by atoms with Crippen LogP contribution in [0.4, 0.5) is 0 Å². The fraction of sp³-hybridized carbons (Fsp3) is 0.818. The van der Waals surface area contributed by atoms with Crippen LogP contribution in [0.15, 0.2) is 11.8 Å². The van der Waals surface area contributed by atoms with Gasteiger partial charge in [-0.2, -0.15) is 0 Å². The molecule has 16 heavy (non-hydrogen) atoms. The molecule has 5 heteroatoms. The maximum atomic E-state index is 6.05. The molecular weight excluding hydrogens is 222 g/mol. The predicted molar refractivity (Wildman–Crippen MR) is 68.0 cm³/mol. The summed E-state index contributed by atoms with van der Waals surface area (Å²) in [6, 6.07) is 0.112. The lowest BCUT2D eigenvalue weighted by atomic mass is 9.84. The van der Waals surface area contributed by atoms with Gasteiger partial charge in [0.1, 0.15) is 0 Å². The van der Waals surface area contributed by atoms with E-state index in [1.54, 1.807) is 21.3 Å². The summed E-state index contributed by atoms with van der Waals surface area (Å²) in [6.45, 7) is 6.27. The van der Waals surface area contributed by atoms with Crippen LogP contribution >= 0.6 is 0 Å². The summed E-state index contributed by atoms with van der Waals surface area (Å²) in [7, 11) is 2.16. The Morgan fingerprint density at radius 3 is 1.94 bits per heavy atom. The Morgan fingerprint density at radius 2 is 1.62 bits per heavy atom. The molecule has 0 fully saturated rings. The molecule has 0 saturated carbocycles. The van der Waals surface area contributed by atoms with Crippen LogP contribution in [-0.4, -0.2) is 36.2 Å². The topological polar surface area (TPSA) is 53.7 Å². The van der Waals surface area contributed by atoms with Gasteiger partial charge in [0.2, 0.25) is 0 Å². The minimum atomic E-state index is -2.62. The largest absolute Gasteiger partial charge is 0.528 e. The summed E-state index contributed by atoms with van der Waals surface area (Å²) >= 11 is 0. The summed E-state index contributed by atoms with van der Waals surface area (Å²) < 4.78 is 15.9. The van der Waals surface area contributed by atoms with E-state index in [9.17, 15) is 0 Å². The molecule has 0 saturated heterocycles. The van der Waals surface area contributed by atoms with Crippen LogP contribution in [0.2, 0.25) is 0 Å². The maximum absolute atomic E-state index is 6.05. The van der Waals surface area contributed by atoms with Crippen LogP contribution in [0, 0.1) is 5.41 Å². The molecule has 0 spiro atoms. The van der Waals surface area contributed by atoms with Crippen LogP contribution < -0.4 is 5.73 Å². The van der Waals surface area contributed by atoms with E-state index in [4.69, 9.17) is 19.0 Å². The van der Waals surface area contributed by atoms with E-state index in [0.29, 0.717) is 0 Å². The van der Waals surface area contributed by atoms with Crippen molar-refractivity contribution in [3.8, 4) is 0 Å². The zero-order valence-electron chi connectivity index (χ0n) is 11.2. The van der Waals surface area contributed by atoms with Gasteiger partial charge in [0.05, 0.1) is 0 Å². The Bertz CT molecular complexity index is 219. The van der Waals surface area contributed by atoms with Crippen molar-refractivity contribution in [1.82, 2.24) is 0 Å². The highest BCUT2D eigenvalue weighted by atomic mass is 28.4. The molecule has 0 aliphatic heterocycles. The van der Waals surface area contributed by atoms with Crippen LogP contribution in [-0.2, 0) is 13.3 Å². The predicted octanol–water partition coefficient (Wildman–Crippen LogP) is 1.72. The Hall–Kier alpha value is -0.203. The maximum Gasteiger partial charge on any atom is 0.528 e. The molecule has 96 valence electrons. The highest BCUT2D eigenvalue weighted by Crippen LogP contribution is 2.24. The van der Waals surface area contributed by atoms with E-state index in [-0.39, 0.29) is 11.5 Å². The third-order valence-corrected chi connectivity index (χ3v) is 5.25. The van der Waals surface area contributed by atoms with E-state index in [2.05, 4.69) is 20.8 Å². The standard InChI is InChI=1S/C11H25NO3Si/c1-7-10(12)11(2,3)8-9-16(13-4,14-5)15-6/h8-10H,7,12H2,1-6H3. The van der Waals surface area contributed by atoms with Crippen LogP contribution in [0.5, 0.6) is 0 Å². The third kappa shape index (κ3) is 3.99. The van der Waals surface area contributed by atoms with Crippen LogP contribution in [0.25, 0.3) is 0 Å². The van der Waals surface area contributed by atoms with E-state index < -0.39 is 8.80 Å². The second-order valence-electron chi connectivity index (χ2n) is 4.39. The molecule has 0 radical (unpaired) electrons. The van der Waals surface area contributed by atoms with Crippen molar-refractivity contribution in [3.05, 3.63) is 11.8 Å². The SMILES string of the molecule is CCC(N)C(C)(C)C=C[Si](OC)(OC)OC. The van der Waals surface area contributed by atoms with Crippen molar-refractivity contribution in [2.45, 2.75) is 33.2 Å². The Kier molecular flexibility index (Phi) is 6.43. The molecule has 1 atom stereocenters. The molecule has 1 unspecified atom stereocenters. The van der Waals surface area contributed by atoms with Gasteiger partial charge in [0.25, 0.3) is 0 Å². The molecule has 0 aliphatic carbocycles. The average molecular weight is 247 g/mol. The van der Waals surface area contributed by atoms with E-state index in [1.165, 1.54) is 0 Å². The molecule has 0 rings (SSSR count). The third-order valence-electron chi connectivity index (χ3n) is 2.97. The van der Waals surface area contributed by atoms with Crippen molar-refractivity contribution < 1.29 is 13.3 Å². The molecule has 0 aromatic rings. The molecule has 2 N–H and O–H groups in total. The molecule has 0 aromatic carbocycles. The molecule has 0 aromatic heterocycles. The molecular formula is C11H25NO3Si. The summed E-state index contributed by atoms with van der Waals surface area (Å²) in [6.07, 6.45) is 2.96. The van der Waals surface area contributed by atoms with Crippen molar-refractivity contribution in [2.24, 2.45) is 11.1 Å². The smallest absolute Gasteiger partial charge is 0.374 e. The second kappa shape index (κ2) is 6.51. The van der Waals surface area contributed by atoms with E-state index in [0.717, 1.165) is 6.42 Å². The van der Waals surface area contributed by atoms with Gasteiger partial charge < -0.3 is 19.0 Å². The lowest BCUT2D eigenvalue weighted by Crippen LogP contribution is -2.42. The second-order valence-corrected chi connectivity index (χ2v) is 7.15. The first kappa shape index (κ1) is 15.8. The van der Waals surface area contributed by atoms with Crippen molar-refractivity contribution in [3.63, 3.8) is 0 Å². The fourth-order valence-electron chi connectivity index (χ4n) is 1.42. The van der Waals surface area contributed by atoms with Crippen LogP contribution in [0.3, 0.4) is 0 Å². The average Bonchev–Trinajstić information content (AvgIpc) is 2.30. The molecule has 0 heterocycles. The number of hydrogen-bond donors (Lipinski definition) is 1. The van der Waals surface area contributed by atoms with Gasteiger partial charge in [-0.1, -0.05) is 26.8 Å². The van der Waals surface area contributed by atoms with Gasteiger partial charge in [0, 0.05) is 27.4 Å². The summed E-state index contributed by atoms with van der Waals surface area (Å²) in [5.41, 5.74) is 7.84. The number of rotatable bonds is 7. The highest BCUT2D eigenvalue weighted by molar-refractivity contribution is 6.66. The zero-order chi connectivity index (χ0) is 12.8. The van der Waals surface area contributed by atoms with Crippen molar-refractivity contribution in [2.75, 3.05) is 21.3 Å². The number of hydrogen-bond acceptors (Lipinski definition) is 4. The van der Waals surface area contributed by atoms with Gasteiger partial charge in [-0.05, 0) is 17.5 Å². The Labute approximate surface area is 100 Å². The van der Waals surface area contributed by atoms with Crippen LogP contribution in [0.1, 0.15) is 27.2 Å². The summed E-state index contributed by atoms with van der Waals surface area (Å²) in [5, 5.41) is 0. The zero-order valence-corrected chi connectivity index (χ0v) is 12.2. The molecule has 0 aliphatic rings. The first-order valence-corrected chi connectivity index (χ1v) is 7.29. The van der Waals surface area contributed by atoms with Crippen molar-refractivity contribution in [1.29, 1.82) is 0 Å². The van der Waals surface area contributed by atoms with Gasteiger partial charge in [-0.25, -0.2) is 0 Å². The first-order chi connectivity index (χ1) is 7.37. The van der Waals surface area contributed by atoms with Gasteiger partial charge >= 0.3 is 8.80 Å². The lowest BCUT2D eigenvalue weighted by molar-refractivity contribution is 0.138. The van der Waals surface area contributed by atoms with Gasteiger partial charge in [-0.15, -0.1) is 0 Å². The fourth-order valence-corrected chi connectivity index (χ4v) is 2.96. The van der Waals surface area contributed by atoms with Crippen molar-refractivity contribution >= 4 is 8.80 Å². The highest BCUT2D eigenvalue weighted by Gasteiger charge is 2.36. The van der Waals surface area contributed by atoms with Gasteiger partial charge in [-0.3, -0.25) is 0 Å². The van der Waals surface area contributed by atoms with E-state index in [1.807, 2.05) is 11.8 Å². The lowest BCUT2D eigenvalue weighted by Gasteiger charge is -2.29. The summed E-state index contributed by atoms with van der Waals surface area (Å²) in [5.74, 6) is 0. The minimum absolute atomic E-state index is 0.0947. The minimum Gasteiger partial charge on any atom is -0.374 e. The normalized spacial score (nSPS) is 15.7. The molecule has 0 amide bonds. The molecule has 4 nitrogen and oxygen atoms in total. The van der Waals surface area contributed by atoms with E-state index >= 15 is 0 Å². The number of nitrogens with two attached hydrogens (primary N) is 1. The quantitative estimate of drug-likeness (QED) is 0.696. The van der Waals surface area contributed by atoms with Gasteiger partial charge in [0.15, 0.2) is 0 Å². The molecule has 0 bridgehead atoms.